The molecular weight excluding hydrogens is 456 g/mol. The summed E-state index contributed by atoms with van der Waals surface area (Å²) in [6.07, 6.45) is 2.22. The number of benzene rings is 3. The number of nitrogens with zero attached hydrogens (tertiary/aromatic N) is 3. The maximum atomic E-state index is 13.4. The Kier molecular flexibility index (Phi) is 6.39. The molecule has 7 heteroatoms. The molecule has 4 aromatic rings. The molecule has 1 aromatic heterocycles. The molecule has 5 rings (SSSR count). The highest BCUT2D eigenvalue weighted by Crippen LogP contribution is 2.41. The fourth-order valence-electron chi connectivity index (χ4n) is 4.14. The van der Waals surface area contributed by atoms with Crippen LogP contribution < -0.4 is 10.9 Å². The van der Waals surface area contributed by atoms with Gasteiger partial charge in [-0.05, 0) is 67.6 Å². The maximum Gasteiger partial charge on any atom is 0.266 e. The largest absolute Gasteiger partial charge is 0.348 e. The van der Waals surface area contributed by atoms with E-state index in [0.29, 0.717) is 33.2 Å². The summed E-state index contributed by atoms with van der Waals surface area (Å²) in [5.74, 6) is 0.499. The van der Waals surface area contributed by atoms with Crippen LogP contribution in [0, 0.1) is 24.2 Å². The van der Waals surface area contributed by atoms with E-state index in [0.717, 1.165) is 18.4 Å². The molecular formula is C28H24N4O2S. The molecule has 1 heterocycles. The number of aromatic nitrogens is 2. The number of nitrogens with one attached hydrogen (secondary N) is 1. The van der Waals surface area contributed by atoms with Crippen molar-refractivity contribution in [1.82, 2.24) is 14.9 Å². The molecule has 1 fully saturated rings. The predicted octanol–water partition coefficient (Wildman–Crippen LogP) is 4.93. The van der Waals surface area contributed by atoms with Gasteiger partial charge in [0.2, 0.25) is 5.91 Å². The summed E-state index contributed by atoms with van der Waals surface area (Å²) in [6.45, 7) is 2.05. The number of fused-ring (bicyclic) bond motifs is 1. The lowest BCUT2D eigenvalue weighted by molar-refractivity contribution is -0.119. The van der Waals surface area contributed by atoms with Crippen molar-refractivity contribution in [2.45, 2.75) is 31.0 Å². The van der Waals surface area contributed by atoms with Crippen LogP contribution in [0.3, 0.4) is 0 Å². The molecule has 1 saturated carbocycles. The summed E-state index contributed by atoms with van der Waals surface area (Å²) >= 11 is 1.24. The number of carbonyl (C=O) groups excluding carboxylic acids is 1. The lowest BCUT2D eigenvalue weighted by atomic mass is 10.0. The molecule has 0 bridgehead atoms. The molecule has 0 saturated heterocycles. The van der Waals surface area contributed by atoms with Gasteiger partial charge >= 0.3 is 0 Å². The van der Waals surface area contributed by atoms with Gasteiger partial charge in [0.25, 0.3) is 5.56 Å². The molecule has 35 heavy (non-hydrogen) atoms. The number of hydrogen-bond donors (Lipinski definition) is 1. The predicted molar refractivity (Wildman–Crippen MR) is 138 cm³/mol. The third-order valence-electron chi connectivity index (χ3n) is 6.18. The number of aryl methyl sites for hydroxylation is 1. The maximum absolute atomic E-state index is 13.4. The normalized spacial score (nSPS) is 13.8. The highest BCUT2D eigenvalue weighted by molar-refractivity contribution is 7.99. The SMILES string of the molecule is Cc1ccc(C(NC(=O)CSc2nc3ccccc3c(=O)n2-c2ccc(C#N)cc2)C2CC2)cc1. The van der Waals surface area contributed by atoms with Crippen molar-refractivity contribution in [2.75, 3.05) is 5.75 Å². The first kappa shape index (κ1) is 22.9. The molecule has 174 valence electrons. The molecule has 1 aliphatic carbocycles. The van der Waals surface area contributed by atoms with Crippen molar-refractivity contribution in [3.05, 3.63) is 99.8 Å². The number of nitriles is 1. The molecule has 1 atom stereocenters. The second-order valence-corrected chi connectivity index (χ2v) is 9.74. The van der Waals surface area contributed by atoms with Crippen molar-refractivity contribution in [2.24, 2.45) is 5.92 Å². The minimum atomic E-state index is -0.210. The van der Waals surface area contributed by atoms with Gasteiger partial charge in [0.05, 0.1) is 40.0 Å². The molecule has 6 nitrogen and oxygen atoms in total. The molecule has 1 amide bonds. The van der Waals surface area contributed by atoms with Gasteiger partial charge in [0.1, 0.15) is 0 Å². The minimum Gasteiger partial charge on any atom is -0.348 e. The quantitative estimate of drug-likeness (QED) is 0.299. The molecule has 1 N–H and O–H groups in total. The van der Waals surface area contributed by atoms with E-state index < -0.39 is 0 Å². The van der Waals surface area contributed by atoms with E-state index in [1.165, 1.54) is 21.9 Å². The molecule has 0 spiro atoms. The Morgan fingerprint density at radius 1 is 1.11 bits per heavy atom. The van der Waals surface area contributed by atoms with Gasteiger partial charge in [0, 0.05) is 0 Å². The lowest BCUT2D eigenvalue weighted by Gasteiger charge is -2.19. The number of hydrogen-bond acceptors (Lipinski definition) is 5. The van der Waals surface area contributed by atoms with Crippen molar-refractivity contribution in [3.63, 3.8) is 0 Å². The van der Waals surface area contributed by atoms with Crippen LogP contribution in [0.1, 0.15) is 35.6 Å². The van der Waals surface area contributed by atoms with Crippen LogP contribution in [0.25, 0.3) is 16.6 Å². The average Bonchev–Trinajstić information content (AvgIpc) is 3.72. The van der Waals surface area contributed by atoms with Crippen molar-refractivity contribution in [3.8, 4) is 11.8 Å². The number of para-hydroxylation sites is 1. The van der Waals surface area contributed by atoms with Crippen LogP contribution in [-0.4, -0.2) is 21.2 Å². The second kappa shape index (κ2) is 9.77. The topological polar surface area (TPSA) is 87.8 Å². The van der Waals surface area contributed by atoms with E-state index in [2.05, 4.69) is 42.6 Å². The van der Waals surface area contributed by atoms with E-state index in [4.69, 9.17) is 10.2 Å². The summed E-state index contributed by atoms with van der Waals surface area (Å²) in [4.78, 5) is 31.1. The summed E-state index contributed by atoms with van der Waals surface area (Å²) in [5.41, 5.74) is 3.79. The highest BCUT2D eigenvalue weighted by atomic mass is 32.2. The van der Waals surface area contributed by atoms with Gasteiger partial charge in [-0.15, -0.1) is 0 Å². The van der Waals surface area contributed by atoms with Crippen LogP contribution in [0.15, 0.2) is 82.7 Å². The van der Waals surface area contributed by atoms with Crippen molar-refractivity contribution >= 4 is 28.6 Å². The molecule has 1 aliphatic rings. The van der Waals surface area contributed by atoms with Crippen LogP contribution in [0.4, 0.5) is 0 Å². The first-order valence-corrected chi connectivity index (χ1v) is 12.5. The standard InChI is InChI=1S/C28H24N4O2S/c1-18-6-10-20(11-7-18)26(21-12-13-21)31-25(33)17-35-28-30-24-5-3-2-4-23(24)27(34)32(28)22-14-8-19(16-29)9-15-22/h2-11,14-15,21,26H,12-13,17H2,1H3,(H,31,33). The summed E-state index contributed by atoms with van der Waals surface area (Å²) in [7, 11) is 0. The number of carbonyl (C=O) groups is 1. The zero-order valence-corrected chi connectivity index (χ0v) is 20.1. The molecule has 1 unspecified atom stereocenters. The zero-order chi connectivity index (χ0) is 24.4. The summed E-state index contributed by atoms with van der Waals surface area (Å²) in [6, 6.07) is 24.4. The van der Waals surface area contributed by atoms with Crippen LogP contribution >= 0.6 is 11.8 Å². The van der Waals surface area contributed by atoms with E-state index in [1.54, 1.807) is 42.5 Å². The lowest BCUT2D eigenvalue weighted by Crippen LogP contribution is -2.31. The van der Waals surface area contributed by atoms with Gasteiger partial charge < -0.3 is 5.32 Å². The minimum absolute atomic E-state index is 0.00557. The van der Waals surface area contributed by atoms with Crippen molar-refractivity contribution < 1.29 is 4.79 Å². The van der Waals surface area contributed by atoms with E-state index in [9.17, 15) is 9.59 Å². The highest BCUT2D eigenvalue weighted by Gasteiger charge is 2.33. The Morgan fingerprint density at radius 2 is 1.83 bits per heavy atom. The Bertz CT molecular complexity index is 1480. The Balaban J connectivity index is 1.42. The summed E-state index contributed by atoms with van der Waals surface area (Å²) < 4.78 is 1.51. The number of rotatable bonds is 7. The first-order valence-electron chi connectivity index (χ1n) is 11.5. The third kappa shape index (κ3) is 4.98. The van der Waals surface area contributed by atoms with Crippen LogP contribution in [-0.2, 0) is 4.79 Å². The number of amides is 1. The van der Waals surface area contributed by atoms with Gasteiger partial charge in [-0.3, -0.25) is 14.2 Å². The number of thioether (sulfide) groups is 1. The zero-order valence-electron chi connectivity index (χ0n) is 19.3. The van der Waals surface area contributed by atoms with Crippen molar-refractivity contribution in [1.29, 1.82) is 5.26 Å². The Morgan fingerprint density at radius 3 is 2.51 bits per heavy atom. The van der Waals surface area contributed by atoms with E-state index in [-0.39, 0.29) is 23.3 Å². The van der Waals surface area contributed by atoms with Gasteiger partial charge in [-0.2, -0.15) is 5.26 Å². The fourth-order valence-corrected chi connectivity index (χ4v) is 4.97. The molecule has 0 aliphatic heterocycles. The Labute approximate surface area is 207 Å². The van der Waals surface area contributed by atoms with Crippen LogP contribution in [0.5, 0.6) is 0 Å². The van der Waals surface area contributed by atoms with Gasteiger partial charge in [-0.1, -0.05) is 53.7 Å². The van der Waals surface area contributed by atoms with Crippen LogP contribution in [0.2, 0.25) is 0 Å². The van der Waals surface area contributed by atoms with Gasteiger partial charge in [-0.25, -0.2) is 4.98 Å². The Hall–Kier alpha value is -3.89. The fraction of sp³-hybridized carbons (Fsp3) is 0.214. The second-order valence-electron chi connectivity index (χ2n) is 8.79. The molecule has 3 aromatic carbocycles. The van der Waals surface area contributed by atoms with E-state index in [1.807, 2.05) is 6.07 Å². The third-order valence-corrected chi connectivity index (χ3v) is 7.12. The monoisotopic (exact) mass is 480 g/mol. The summed E-state index contributed by atoms with van der Waals surface area (Å²) in [5, 5.41) is 13.3. The smallest absolute Gasteiger partial charge is 0.266 e. The van der Waals surface area contributed by atoms with E-state index >= 15 is 0 Å². The molecule has 0 radical (unpaired) electrons. The van der Waals surface area contributed by atoms with Gasteiger partial charge in [0.15, 0.2) is 5.16 Å². The first-order chi connectivity index (χ1) is 17.0. The average molecular weight is 481 g/mol.